The van der Waals surface area contributed by atoms with Crippen molar-refractivity contribution in [1.29, 1.82) is 0 Å². The van der Waals surface area contributed by atoms with Gasteiger partial charge in [-0.05, 0) is 45.0 Å². The largest absolute Gasteiger partial charge is 0.434 e. The fraction of sp³-hybridized carbons (Fsp3) is 0.625. The van der Waals surface area contributed by atoms with Crippen molar-refractivity contribution < 1.29 is 13.5 Å². The van der Waals surface area contributed by atoms with Crippen molar-refractivity contribution in [3.05, 3.63) is 29.8 Å². The van der Waals surface area contributed by atoms with Crippen molar-refractivity contribution in [1.82, 2.24) is 10.2 Å². The molecule has 0 radical (unpaired) electrons. The van der Waals surface area contributed by atoms with E-state index in [4.69, 9.17) is 0 Å². The first-order chi connectivity index (χ1) is 10.1. The predicted molar refractivity (Wildman–Crippen MR) is 79.7 cm³/mol. The second-order valence-corrected chi connectivity index (χ2v) is 5.59. The van der Waals surface area contributed by atoms with Crippen molar-refractivity contribution in [2.75, 3.05) is 26.2 Å². The molecule has 1 aliphatic rings. The third kappa shape index (κ3) is 4.64. The molecule has 0 spiro atoms. The van der Waals surface area contributed by atoms with Gasteiger partial charge in [0.15, 0.2) is 0 Å². The highest BCUT2D eigenvalue weighted by Crippen LogP contribution is 2.26. The standard InChI is InChI=1S/C16H24F2N2O/c1-3-20-9-8-13(11-20)10-19-12(2)14-6-4-5-7-15(14)21-16(17)18/h4-7,12-13,16,19H,3,8-11H2,1-2H3. The topological polar surface area (TPSA) is 24.5 Å². The lowest BCUT2D eigenvalue weighted by Crippen LogP contribution is -2.28. The molecule has 0 saturated carbocycles. The van der Waals surface area contributed by atoms with Crippen molar-refractivity contribution >= 4 is 0 Å². The summed E-state index contributed by atoms with van der Waals surface area (Å²) in [5.74, 6) is 0.893. The van der Waals surface area contributed by atoms with Crippen molar-refractivity contribution in [2.45, 2.75) is 32.9 Å². The molecule has 0 aromatic heterocycles. The van der Waals surface area contributed by atoms with Gasteiger partial charge < -0.3 is 15.0 Å². The molecule has 2 unspecified atom stereocenters. The van der Waals surface area contributed by atoms with E-state index in [1.807, 2.05) is 19.1 Å². The van der Waals surface area contributed by atoms with Crippen LogP contribution in [0.25, 0.3) is 0 Å². The minimum atomic E-state index is -2.79. The number of ether oxygens (including phenoxy) is 1. The normalized spacial score (nSPS) is 20.9. The number of rotatable bonds is 7. The zero-order valence-electron chi connectivity index (χ0n) is 12.7. The molecule has 1 aliphatic heterocycles. The first-order valence-corrected chi connectivity index (χ1v) is 7.59. The summed E-state index contributed by atoms with van der Waals surface area (Å²) in [6, 6.07) is 6.98. The maximum atomic E-state index is 12.4. The highest BCUT2D eigenvalue weighted by molar-refractivity contribution is 5.35. The zero-order valence-corrected chi connectivity index (χ0v) is 12.7. The van der Waals surface area contributed by atoms with Crippen LogP contribution in [0.3, 0.4) is 0 Å². The Labute approximate surface area is 125 Å². The van der Waals surface area contributed by atoms with Gasteiger partial charge in [0, 0.05) is 18.2 Å². The number of nitrogens with one attached hydrogen (secondary N) is 1. The summed E-state index contributed by atoms with van der Waals surface area (Å²) in [6.45, 7) is 5.65. The Morgan fingerprint density at radius 1 is 1.38 bits per heavy atom. The number of alkyl halides is 2. The van der Waals surface area contributed by atoms with E-state index in [2.05, 4.69) is 21.9 Å². The minimum absolute atomic E-state index is 0.00405. The van der Waals surface area contributed by atoms with Crippen molar-refractivity contribution in [3.63, 3.8) is 0 Å². The fourth-order valence-electron chi connectivity index (χ4n) is 2.86. The van der Waals surface area contributed by atoms with Gasteiger partial charge >= 0.3 is 6.61 Å². The van der Waals surface area contributed by atoms with Gasteiger partial charge in [0.1, 0.15) is 5.75 Å². The highest BCUT2D eigenvalue weighted by atomic mass is 19.3. The summed E-state index contributed by atoms with van der Waals surface area (Å²) in [4.78, 5) is 2.44. The summed E-state index contributed by atoms with van der Waals surface area (Å²) in [5, 5.41) is 3.45. The number of benzene rings is 1. The van der Waals surface area contributed by atoms with Crippen LogP contribution in [0.5, 0.6) is 5.75 Å². The van der Waals surface area contributed by atoms with E-state index in [9.17, 15) is 8.78 Å². The van der Waals surface area contributed by atoms with Gasteiger partial charge in [0.25, 0.3) is 0 Å². The van der Waals surface area contributed by atoms with E-state index in [1.54, 1.807) is 12.1 Å². The summed E-state index contributed by atoms with van der Waals surface area (Å²) in [7, 11) is 0. The molecule has 2 atom stereocenters. The molecule has 0 amide bonds. The van der Waals surface area contributed by atoms with Gasteiger partial charge in [-0.2, -0.15) is 8.78 Å². The van der Waals surface area contributed by atoms with E-state index in [0.717, 1.165) is 31.7 Å². The molecule has 1 heterocycles. The SMILES string of the molecule is CCN1CCC(CNC(C)c2ccccc2OC(F)F)C1. The Bertz CT molecular complexity index is 442. The lowest BCUT2D eigenvalue weighted by atomic mass is 10.1. The van der Waals surface area contributed by atoms with Gasteiger partial charge in [-0.3, -0.25) is 0 Å². The maximum Gasteiger partial charge on any atom is 0.387 e. The predicted octanol–water partition coefficient (Wildman–Crippen LogP) is 3.28. The van der Waals surface area contributed by atoms with Gasteiger partial charge in [-0.1, -0.05) is 25.1 Å². The number of halogens is 2. The summed E-state index contributed by atoms with van der Waals surface area (Å²) in [5.41, 5.74) is 0.781. The molecule has 1 saturated heterocycles. The second kappa shape index (κ2) is 7.71. The third-order valence-electron chi connectivity index (χ3n) is 4.13. The van der Waals surface area contributed by atoms with Crippen LogP contribution >= 0.6 is 0 Å². The molecule has 1 fully saturated rings. The summed E-state index contributed by atoms with van der Waals surface area (Å²) >= 11 is 0. The first-order valence-electron chi connectivity index (χ1n) is 7.59. The zero-order chi connectivity index (χ0) is 15.2. The highest BCUT2D eigenvalue weighted by Gasteiger charge is 2.22. The van der Waals surface area contributed by atoms with Crippen LogP contribution in [0.1, 0.15) is 31.9 Å². The third-order valence-corrected chi connectivity index (χ3v) is 4.13. The Kier molecular flexibility index (Phi) is 5.94. The Hall–Kier alpha value is -1.20. The van der Waals surface area contributed by atoms with Crippen LogP contribution in [-0.2, 0) is 0 Å². The maximum absolute atomic E-state index is 12.4. The molecule has 2 rings (SSSR count). The molecule has 118 valence electrons. The van der Waals surface area contributed by atoms with Gasteiger partial charge in [-0.15, -0.1) is 0 Å². The molecule has 21 heavy (non-hydrogen) atoms. The lowest BCUT2D eigenvalue weighted by Gasteiger charge is -2.20. The molecule has 5 heteroatoms. The molecule has 0 bridgehead atoms. The van der Waals surface area contributed by atoms with Crippen LogP contribution in [0.4, 0.5) is 8.78 Å². The van der Waals surface area contributed by atoms with Crippen LogP contribution in [0.2, 0.25) is 0 Å². The number of likely N-dealkylation sites (tertiary alicyclic amines) is 1. The summed E-state index contributed by atoms with van der Waals surface area (Å²) in [6.07, 6.45) is 1.20. The molecule has 0 aliphatic carbocycles. The molecule has 1 N–H and O–H groups in total. The summed E-state index contributed by atoms with van der Waals surface area (Å²) < 4.78 is 29.4. The Morgan fingerprint density at radius 3 is 2.81 bits per heavy atom. The van der Waals surface area contributed by atoms with Crippen LogP contribution in [-0.4, -0.2) is 37.7 Å². The van der Waals surface area contributed by atoms with Crippen LogP contribution in [0.15, 0.2) is 24.3 Å². The van der Waals surface area contributed by atoms with Gasteiger partial charge in [0.05, 0.1) is 0 Å². The minimum Gasteiger partial charge on any atom is -0.434 e. The van der Waals surface area contributed by atoms with E-state index in [-0.39, 0.29) is 11.8 Å². The van der Waals surface area contributed by atoms with Gasteiger partial charge in [-0.25, -0.2) is 0 Å². The second-order valence-electron chi connectivity index (χ2n) is 5.59. The average Bonchev–Trinajstić information content (AvgIpc) is 2.93. The molecular weight excluding hydrogens is 274 g/mol. The Morgan fingerprint density at radius 2 is 2.14 bits per heavy atom. The van der Waals surface area contributed by atoms with E-state index < -0.39 is 6.61 Å². The van der Waals surface area contributed by atoms with Gasteiger partial charge in [0.2, 0.25) is 0 Å². The number of hydrogen-bond acceptors (Lipinski definition) is 3. The Balaban J connectivity index is 1.90. The average molecular weight is 298 g/mol. The molecule has 3 nitrogen and oxygen atoms in total. The van der Waals surface area contributed by atoms with Crippen LogP contribution < -0.4 is 10.1 Å². The first kappa shape index (κ1) is 16.2. The quantitative estimate of drug-likeness (QED) is 0.836. The fourth-order valence-corrected chi connectivity index (χ4v) is 2.86. The smallest absolute Gasteiger partial charge is 0.387 e. The van der Waals surface area contributed by atoms with Crippen LogP contribution in [0, 0.1) is 5.92 Å². The van der Waals surface area contributed by atoms with E-state index in [1.165, 1.54) is 6.42 Å². The monoisotopic (exact) mass is 298 g/mol. The number of hydrogen-bond donors (Lipinski definition) is 1. The molecule has 1 aromatic carbocycles. The van der Waals surface area contributed by atoms with E-state index >= 15 is 0 Å². The molecule has 1 aromatic rings. The van der Waals surface area contributed by atoms with E-state index in [0.29, 0.717) is 5.92 Å². The number of nitrogens with zero attached hydrogens (tertiary/aromatic N) is 1. The van der Waals surface area contributed by atoms with Crippen molar-refractivity contribution in [2.24, 2.45) is 5.92 Å². The number of para-hydroxylation sites is 1. The van der Waals surface area contributed by atoms with Crippen molar-refractivity contribution in [3.8, 4) is 5.75 Å². The molecular formula is C16H24F2N2O. The lowest BCUT2D eigenvalue weighted by molar-refractivity contribution is -0.0506.